The Bertz CT molecular complexity index is 1280. The number of hydrogen-bond donors (Lipinski definition) is 0. The number of carbonyl (C=O) groups excluding carboxylic acids is 1. The Kier molecular flexibility index (Phi) is 5.07. The molecule has 0 saturated carbocycles. The SMILES string of the molecule is Cc1nc(SCC(=O)c2ccc3c(c2)n(C)c(=O)n3C)cc(-c2ccccc2)n1. The van der Waals surface area contributed by atoms with E-state index in [0.29, 0.717) is 11.4 Å². The lowest BCUT2D eigenvalue weighted by molar-refractivity contribution is 0.102. The van der Waals surface area contributed by atoms with Crippen molar-refractivity contribution in [2.45, 2.75) is 11.9 Å². The molecule has 0 saturated heterocycles. The molecule has 0 aliphatic rings. The highest BCUT2D eigenvalue weighted by atomic mass is 32.2. The number of thioether (sulfide) groups is 1. The van der Waals surface area contributed by atoms with Crippen LogP contribution in [0.3, 0.4) is 0 Å². The maximum atomic E-state index is 12.7. The topological polar surface area (TPSA) is 69.8 Å². The van der Waals surface area contributed by atoms with Crippen molar-refractivity contribution in [2.75, 3.05) is 5.75 Å². The van der Waals surface area contributed by atoms with Gasteiger partial charge in [-0.15, -0.1) is 0 Å². The standard InChI is InChI=1S/C22H20N4O2S/c1-14-23-17(15-7-5-4-6-8-15)12-21(24-14)29-13-20(27)16-9-10-18-19(11-16)26(3)22(28)25(18)2/h4-12H,13H2,1-3H3. The molecule has 0 radical (unpaired) electrons. The molecule has 0 aliphatic carbocycles. The van der Waals surface area contributed by atoms with E-state index in [9.17, 15) is 9.59 Å². The van der Waals surface area contributed by atoms with E-state index >= 15 is 0 Å². The zero-order chi connectivity index (χ0) is 20.5. The third-order valence-corrected chi connectivity index (χ3v) is 5.74. The summed E-state index contributed by atoms with van der Waals surface area (Å²) in [6, 6.07) is 17.2. The molecule has 0 aliphatic heterocycles. The van der Waals surface area contributed by atoms with Gasteiger partial charge in [0.2, 0.25) is 0 Å². The zero-order valence-corrected chi connectivity index (χ0v) is 17.2. The van der Waals surface area contributed by atoms with Crippen LogP contribution in [0.25, 0.3) is 22.3 Å². The largest absolute Gasteiger partial charge is 0.328 e. The maximum absolute atomic E-state index is 12.7. The number of aromatic nitrogens is 4. The molecule has 7 heteroatoms. The average Bonchev–Trinajstić information content (AvgIpc) is 2.96. The molecule has 4 rings (SSSR count). The number of hydrogen-bond acceptors (Lipinski definition) is 5. The Morgan fingerprint density at radius 2 is 1.69 bits per heavy atom. The van der Waals surface area contributed by atoms with Gasteiger partial charge in [0.05, 0.1) is 22.5 Å². The van der Waals surface area contributed by atoms with E-state index in [2.05, 4.69) is 9.97 Å². The number of Topliss-reactive ketones (excluding diaryl/α,β-unsaturated/α-hetero) is 1. The van der Waals surface area contributed by atoms with Crippen LogP contribution >= 0.6 is 11.8 Å². The minimum Gasteiger partial charge on any atom is -0.295 e. The minimum absolute atomic E-state index is 0.00858. The van der Waals surface area contributed by atoms with Crippen LogP contribution in [0.15, 0.2) is 64.4 Å². The Morgan fingerprint density at radius 1 is 0.966 bits per heavy atom. The van der Waals surface area contributed by atoms with E-state index in [1.807, 2.05) is 49.4 Å². The van der Waals surface area contributed by atoms with Gasteiger partial charge in [-0.3, -0.25) is 13.9 Å². The van der Waals surface area contributed by atoms with Crippen molar-refractivity contribution in [2.24, 2.45) is 14.1 Å². The molecule has 2 aromatic carbocycles. The fraction of sp³-hybridized carbons (Fsp3) is 0.182. The third-order valence-electron chi connectivity index (χ3n) is 4.83. The molecule has 146 valence electrons. The highest BCUT2D eigenvalue weighted by molar-refractivity contribution is 7.99. The first kappa shape index (κ1) is 19.1. The summed E-state index contributed by atoms with van der Waals surface area (Å²) < 4.78 is 3.13. The number of rotatable bonds is 5. The Labute approximate surface area is 172 Å². The zero-order valence-electron chi connectivity index (χ0n) is 16.4. The first-order valence-corrected chi connectivity index (χ1v) is 10.1. The average molecular weight is 404 g/mol. The van der Waals surface area contributed by atoms with Crippen molar-refractivity contribution >= 4 is 28.6 Å². The van der Waals surface area contributed by atoms with Crippen LogP contribution in [0.4, 0.5) is 0 Å². The first-order chi connectivity index (χ1) is 13.9. The molecule has 4 aromatic rings. The molecule has 0 fully saturated rings. The smallest absolute Gasteiger partial charge is 0.295 e. The van der Waals surface area contributed by atoms with Crippen molar-refractivity contribution in [3.63, 3.8) is 0 Å². The van der Waals surface area contributed by atoms with Crippen LogP contribution in [-0.4, -0.2) is 30.6 Å². The molecule has 6 nitrogen and oxygen atoms in total. The summed E-state index contributed by atoms with van der Waals surface area (Å²) >= 11 is 1.39. The molecule has 2 heterocycles. The first-order valence-electron chi connectivity index (χ1n) is 9.16. The van der Waals surface area contributed by atoms with Gasteiger partial charge in [-0.1, -0.05) is 42.1 Å². The second-order valence-electron chi connectivity index (χ2n) is 6.82. The van der Waals surface area contributed by atoms with Crippen molar-refractivity contribution in [1.82, 2.24) is 19.1 Å². The van der Waals surface area contributed by atoms with Gasteiger partial charge in [0.15, 0.2) is 5.78 Å². The van der Waals surface area contributed by atoms with Crippen LogP contribution in [0.2, 0.25) is 0 Å². The molecule has 0 bridgehead atoms. The minimum atomic E-state index is -0.108. The molecule has 0 unspecified atom stereocenters. The van der Waals surface area contributed by atoms with E-state index in [1.165, 1.54) is 11.8 Å². The summed E-state index contributed by atoms with van der Waals surface area (Å²) in [4.78, 5) is 33.8. The number of ketones is 1. The molecular weight excluding hydrogens is 384 g/mol. The molecule has 29 heavy (non-hydrogen) atoms. The maximum Gasteiger partial charge on any atom is 0.328 e. The Morgan fingerprint density at radius 3 is 2.45 bits per heavy atom. The Hall–Kier alpha value is -3.19. The quantitative estimate of drug-likeness (QED) is 0.289. The van der Waals surface area contributed by atoms with Gasteiger partial charge in [0, 0.05) is 25.2 Å². The van der Waals surface area contributed by atoms with Gasteiger partial charge in [-0.25, -0.2) is 14.8 Å². The fourth-order valence-corrected chi connectivity index (χ4v) is 4.11. The number of imidazole rings is 1. The summed E-state index contributed by atoms with van der Waals surface area (Å²) in [6.45, 7) is 1.85. The lowest BCUT2D eigenvalue weighted by atomic mass is 10.1. The van der Waals surface area contributed by atoms with Crippen LogP contribution in [0, 0.1) is 6.92 Å². The lowest BCUT2D eigenvalue weighted by Gasteiger charge is -2.06. The predicted octanol–water partition coefficient (Wildman–Crippen LogP) is 3.62. The normalized spacial score (nSPS) is 11.1. The van der Waals surface area contributed by atoms with Crippen LogP contribution in [-0.2, 0) is 14.1 Å². The number of carbonyl (C=O) groups is 1. The van der Waals surface area contributed by atoms with Gasteiger partial charge in [0.25, 0.3) is 0 Å². The van der Waals surface area contributed by atoms with Gasteiger partial charge in [0.1, 0.15) is 10.9 Å². The van der Waals surface area contributed by atoms with Gasteiger partial charge in [-0.05, 0) is 31.2 Å². The number of fused-ring (bicyclic) bond motifs is 1. The van der Waals surface area contributed by atoms with Crippen molar-refractivity contribution in [3.8, 4) is 11.3 Å². The second kappa shape index (κ2) is 7.67. The number of benzene rings is 2. The van der Waals surface area contributed by atoms with E-state index in [4.69, 9.17) is 0 Å². The Balaban J connectivity index is 1.56. The van der Waals surface area contributed by atoms with Crippen molar-refractivity contribution < 1.29 is 4.79 Å². The van der Waals surface area contributed by atoms with E-state index in [1.54, 1.807) is 35.4 Å². The van der Waals surface area contributed by atoms with Gasteiger partial charge >= 0.3 is 5.69 Å². The molecule has 2 aromatic heterocycles. The van der Waals surface area contributed by atoms with Gasteiger partial charge < -0.3 is 0 Å². The monoisotopic (exact) mass is 404 g/mol. The third kappa shape index (κ3) is 3.73. The summed E-state index contributed by atoms with van der Waals surface area (Å²) in [5.74, 6) is 0.921. The highest BCUT2D eigenvalue weighted by Gasteiger charge is 2.13. The summed E-state index contributed by atoms with van der Waals surface area (Å²) in [5.41, 5.74) is 3.89. The van der Waals surface area contributed by atoms with E-state index in [0.717, 1.165) is 27.3 Å². The summed E-state index contributed by atoms with van der Waals surface area (Å²) in [6.07, 6.45) is 0. The second-order valence-corrected chi connectivity index (χ2v) is 7.82. The fourth-order valence-electron chi connectivity index (χ4n) is 3.27. The van der Waals surface area contributed by atoms with Crippen molar-refractivity contribution in [3.05, 3.63) is 76.5 Å². The van der Waals surface area contributed by atoms with Crippen LogP contribution < -0.4 is 5.69 Å². The summed E-state index contributed by atoms with van der Waals surface area (Å²) in [5, 5.41) is 0.762. The lowest BCUT2D eigenvalue weighted by Crippen LogP contribution is -2.19. The highest BCUT2D eigenvalue weighted by Crippen LogP contribution is 2.24. The predicted molar refractivity (Wildman–Crippen MR) is 115 cm³/mol. The molecule has 0 amide bonds. The van der Waals surface area contributed by atoms with Crippen LogP contribution in [0.1, 0.15) is 16.2 Å². The van der Waals surface area contributed by atoms with E-state index < -0.39 is 0 Å². The van der Waals surface area contributed by atoms with Crippen molar-refractivity contribution in [1.29, 1.82) is 0 Å². The number of aryl methyl sites for hydroxylation is 3. The molecule has 0 spiro atoms. The van der Waals surface area contributed by atoms with Crippen LogP contribution in [0.5, 0.6) is 0 Å². The van der Waals surface area contributed by atoms with E-state index in [-0.39, 0.29) is 17.2 Å². The molecule has 0 atom stereocenters. The molecule has 0 N–H and O–H groups in total. The number of nitrogens with zero attached hydrogens (tertiary/aromatic N) is 4. The summed E-state index contributed by atoms with van der Waals surface area (Å²) in [7, 11) is 3.44. The molecular formula is C22H20N4O2S. The van der Waals surface area contributed by atoms with Gasteiger partial charge in [-0.2, -0.15) is 0 Å².